The number of nitrogens with zero attached hydrogens (tertiary/aromatic N) is 3. The summed E-state index contributed by atoms with van der Waals surface area (Å²) in [6.07, 6.45) is 5.92. The number of hydrogen-bond acceptors (Lipinski definition) is 4. The minimum Gasteiger partial charge on any atom is -0.468 e. The number of ether oxygens (including phenoxy) is 1. The Morgan fingerprint density at radius 1 is 1.35 bits per heavy atom. The van der Waals surface area contributed by atoms with Crippen LogP contribution in [0.4, 0.5) is 0 Å². The molecule has 0 saturated carbocycles. The van der Waals surface area contributed by atoms with Gasteiger partial charge < -0.3 is 15.0 Å². The van der Waals surface area contributed by atoms with Crippen LogP contribution in [0.1, 0.15) is 18.9 Å². The predicted octanol–water partition coefficient (Wildman–Crippen LogP) is 1.85. The molecule has 0 spiro atoms. The van der Waals surface area contributed by atoms with E-state index in [0.717, 1.165) is 48.0 Å². The number of H-pyrrole nitrogens is 1. The molecule has 1 aliphatic rings. The van der Waals surface area contributed by atoms with Gasteiger partial charge in [-0.15, -0.1) is 0 Å². The lowest BCUT2D eigenvalue weighted by molar-refractivity contribution is 0.307. The Morgan fingerprint density at radius 2 is 2.20 bits per heavy atom. The molecular formula is C14H17N5O. The molecule has 1 fully saturated rings. The minimum atomic E-state index is 0.427. The molecule has 4 heterocycles. The summed E-state index contributed by atoms with van der Waals surface area (Å²) in [6, 6.07) is 3.17. The number of fused-ring (bicyclic) bond motifs is 3. The Hall–Kier alpha value is -2.08. The van der Waals surface area contributed by atoms with Crippen molar-refractivity contribution in [3.8, 4) is 6.01 Å². The number of nitrogens with one attached hydrogen (secondary N) is 2. The first kappa shape index (κ1) is 11.7. The molecule has 3 aromatic rings. The molecule has 1 saturated heterocycles. The van der Waals surface area contributed by atoms with Gasteiger partial charge >= 0.3 is 0 Å². The van der Waals surface area contributed by atoms with Crippen LogP contribution in [-0.4, -0.2) is 39.7 Å². The monoisotopic (exact) mass is 271 g/mol. The summed E-state index contributed by atoms with van der Waals surface area (Å²) in [5.74, 6) is 0. The van der Waals surface area contributed by atoms with Gasteiger partial charge in [-0.25, -0.2) is 4.98 Å². The van der Waals surface area contributed by atoms with Gasteiger partial charge in [0.05, 0.1) is 18.8 Å². The van der Waals surface area contributed by atoms with Gasteiger partial charge in [0.15, 0.2) is 0 Å². The van der Waals surface area contributed by atoms with Crippen molar-refractivity contribution < 1.29 is 4.74 Å². The zero-order valence-corrected chi connectivity index (χ0v) is 11.4. The number of methoxy groups -OCH3 is 1. The van der Waals surface area contributed by atoms with Crippen LogP contribution in [0.15, 0.2) is 18.5 Å². The molecule has 2 N–H and O–H groups in total. The lowest BCUT2D eigenvalue weighted by atomic mass is 10.1. The third-order valence-electron chi connectivity index (χ3n) is 4.06. The van der Waals surface area contributed by atoms with Crippen molar-refractivity contribution in [1.29, 1.82) is 0 Å². The van der Waals surface area contributed by atoms with Crippen LogP contribution in [0, 0.1) is 0 Å². The third-order valence-corrected chi connectivity index (χ3v) is 4.06. The van der Waals surface area contributed by atoms with E-state index in [0.29, 0.717) is 12.1 Å². The molecule has 0 bridgehead atoms. The van der Waals surface area contributed by atoms with E-state index in [2.05, 4.69) is 30.9 Å². The van der Waals surface area contributed by atoms with Crippen molar-refractivity contribution in [2.75, 3.05) is 20.2 Å². The van der Waals surface area contributed by atoms with Crippen LogP contribution >= 0.6 is 0 Å². The lowest BCUT2D eigenvalue weighted by Gasteiger charge is -2.25. The molecule has 20 heavy (non-hydrogen) atoms. The molecule has 0 atom stereocenters. The van der Waals surface area contributed by atoms with Crippen molar-refractivity contribution in [2.24, 2.45) is 0 Å². The molecule has 3 aromatic heterocycles. The van der Waals surface area contributed by atoms with Crippen LogP contribution in [0.3, 0.4) is 0 Å². The van der Waals surface area contributed by atoms with Crippen LogP contribution in [0.5, 0.6) is 6.01 Å². The van der Waals surface area contributed by atoms with Crippen molar-refractivity contribution in [3.05, 3.63) is 18.5 Å². The molecule has 0 radical (unpaired) electrons. The third kappa shape index (κ3) is 1.61. The van der Waals surface area contributed by atoms with E-state index in [1.54, 1.807) is 7.11 Å². The van der Waals surface area contributed by atoms with Gasteiger partial charge in [-0.3, -0.25) is 4.57 Å². The lowest BCUT2D eigenvalue weighted by Crippen LogP contribution is -2.29. The van der Waals surface area contributed by atoms with Gasteiger partial charge in [0.25, 0.3) is 6.01 Å². The minimum absolute atomic E-state index is 0.427. The Kier molecular flexibility index (Phi) is 2.63. The van der Waals surface area contributed by atoms with E-state index in [1.807, 2.05) is 12.4 Å². The normalized spacial score (nSPS) is 17.1. The standard InChI is InChI=1S/C14H17N5O/c1-20-14-18-11-8-17-13-10(4-7-16-13)12(11)19(14)9-2-5-15-6-3-9/h4,7-9,15H,2-3,5-6H2,1H3,(H,16,17). The van der Waals surface area contributed by atoms with Gasteiger partial charge in [0.2, 0.25) is 0 Å². The van der Waals surface area contributed by atoms with Crippen molar-refractivity contribution >= 4 is 22.1 Å². The first-order valence-corrected chi connectivity index (χ1v) is 6.97. The van der Waals surface area contributed by atoms with Crippen LogP contribution in [0.25, 0.3) is 22.1 Å². The van der Waals surface area contributed by atoms with Gasteiger partial charge in [0, 0.05) is 17.6 Å². The van der Waals surface area contributed by atoms with Crippen LogP contribution in [-0.2, 0) is 0 Å². The maximum atomic E-state index is 5.50. The van der Waals surface area contributed by atoms with E-state index in [4.69, 9.17) is 4.74 Å². The average Bonchev–Trinajstić information content (AvgIpc) is 3.11. The SMILES string of the molecule is COc1nc2cnc3[nH]ccc3c2n1C1CCNCC1. The highest BCUT2D eigenvalue weighted by Crippen LogP contribution is 2.33. The average molecular weight is 271 g/mol. The number of rotatable bonds is 2. The summed E-state index contributed by atoms with van der Waals surface area (Å²) >= 11 is 0. The highest BCUT2D eigenvalue weighted by Gasteiger charge is 2.23. The number of piperidine rings is 1. The summed E-state index contributed by atoms with van der Waals surface area (Å²) in [4.78, 5) is 12.1. The predicted molar refractivity (Wildman–Crippen MR) is 77.1 cm³/mol. The van der Waals surface area contributed by atoms with Crippen LogP contribution < -0.4 is 10.1 Å². The highest BCUT2D eigenvalue weighted by atomic mass is 16.5. The smallest absolute Gasteiger partial charge is 0.297 e. The van der Waals surface area contributed by atoms with E-state index in [-0.39, 0.29) is 0 Å². The number of imidazole rings is 1. The highest BCUT2D eigenvalue weighted by molar-refractivity contribution is 6.01. The molecular weight excluding hydrogens is 254 g/mol. The summed E-state index contributed by atoms with van der Waals surface area (Å²) < 4.78 is 7.75. The Balaban J connectivity index is 2.01. The molecule has 6 heteroatoms. The second kappa shape index (κ2) is 4.49. The maximum Gasteiger partial charge on any atom is 0.297 e. The summed E-state index contributed by atoms with van der Waals surface area (Å²) in [7, 11) is 1.68. The molecule has 0 aliphatic carbocycles. The summed E-state index contributed by atoms with van der Waals surface area (Å²) in [5.41, 5.74) is 2.92. The van der Waals surface area contributed by atoms with E-state index in [9.17, 15) is 0 Å². The second-order valence-corrected chi connectivity index (χ2v) is 5.18. The van der Waals surface area contributed by atoms with E-state index < -0.39 is 0 Å². The number of hydrogen-bond donors (Lipinski definition) is 2. The topological polar surface area (TPSA) is 67.8 Å². The molecule has 0 aromatic carbocycles. The fraction of sp³-hybridized carbons (Fsp3) is 0.429. The second-order valence-electron chi connectivity index (χ2n) is 5.18. The number of pyridine rings is 1. The van der Waals surface area contributed by atoms with Gasteiger partial charge in [-0.05, 0) is 32.0 Å². The number of aromatic amines is 1. The zero-order valence-electron chi connectivity index (χ0n) is 11.4. The quantitative estimate of drug-likeness (QED) is 0.746. The van der Waals surface area contributed by atoms with E-state index in [1.165, 1.54) is 0 Å². The van der Waals surface area contributed by atoms with Crippen LogP contribution in [0.2, 0.25) is 0 Å². The van der Waals surface area contributed by atoms with Crippen molar-refractivity contribution in [1.82, 2.24) is 24.8 Å². The molecule has 0 amide bonds. The number of aromatic nitrogens is 4. The van der Waals surface area contributed by atoms with Gasteiger partial charge in [-0.2, -0.15) is 4.98 Å². The summed E-state index contributed by atoms with van der Waals surface area (Å²) in [5, 5.41) is 4.51. The largest absolute Gasteiger partial charge is 0.468 e. The Morgan fingerprint density at radius 3 is 3.00 bits per heavy atom. The van der Waals surface area contributed by atoms with Gasteiger partial charge in [0.1, 0.15) is 11.2 Å². The molecule has 4 rings (SSSR count). The van der Waals surface area contributed by atoms with Crippen molar-refractivity contribution in [2.45, 2.75) is 18.9 Å². The molecule has 104 valence electrons. The zero-order chi connectivity index (χ0) is 13.5. The summed E-state index contributed by atoms with van der Waals surface area (Å²) in [6.45, 7) is 2.07. The maximum absolute atomic E-state index is 5.50. The van der Waals surface area contributed by atoms with E-state index >= 15 is 0 Å². The Labute approximate surface area is 116 Å². The molecule has 0 unspecified atom stereocenters. The Bertz CT molecular complexity index is 753. The van der Waals surface area contributed by atoms with Crippen molar-refractivity contribution in [3.63, 3.8) is 0 Å². The first-order chi connectivity index (χ1) is 9.88. The van der Waals surface area contributed by atoms with Gasteiger partial charge in [-0.1, -0.05) is 0 Å². The molecule has 6 nitrogen and oxygen atoms in total. The fourth-order valence-corrected chi connectivity index (χ4v) is 3.12. The molecule has 1 aliphatic heterocycles. The fourth-order valence-electron chi connectivity index (χ4n) is 3.12. The first-order valence-electron chi connectivity index (χ1n) is 6.97.